The van der Waals surface area contributed by atoms with Gasteiger partial charge in [0.1, 0.15) is 5.75 Å². The van der Waals surface area contributed by atoms with Crippen molar-refractivity contribution < 1.29 is 17.9 Å². The molecule has 0 atom stereocenters. The first kappa shape index (κ1) is 23.0. The second-order valence-electron chi connectivity index (χ2n) is 8.39. The molecule has 0 bridgehead atoms. The summed E-state index contributed by atoms with van der Waals surface area (Å²) in [5.74, 6) is 0.822. The van der Waals surface area contributed by atoms with Crippen LogP contribution >= 0.6 is 0 Å². The maximum absolute atomic E-state index is 13.0. The van der Waals surface area contributed by atoms with Crippen molar-refractivity contribution in [3.05, 3.63) is 29.3 Å². The number of carbonyl (C=O) groups is 1. The van der Waals surface area contributed by atoms with Crippen LogP contribution in [0.15, 0.2) is 18.2 Å². The molecule has 30 heavy (non-hydrogen) atoms. The Hall–Kier alpha value is -1.64. The van der Waals surface area contributed by atoms with Crippen LogP contribution in [0.2, 0.25) is 0 Å². The summed E-state index contributed by atoms with van der Waals surface area (Å²) in [6, 6.07) is 6.00. The first-order chi connectivity index (χ1) is 14.3. The van der Waals surface area contributed by atoms with E-state index in [9.17, 15) is 13.2 Å². The van der Waals surface area contributed by atoms with Gasteiger partial charge in [0.25, 0.3) is 10.2 Å². The van der Waals surface area contributed by atoms with Gasteiger partial charge in [-0.25, -0.2) is 0 Å². The van der Waals surface area contributed by atoms with Gasteiger partial charge in [-0.05, 0) is 43.9 Å². The van der Waals surface area contributed by atoms with Crippen molar-refractivity contribution in [3.63, 3.8) is 0 Å². The molecule has 1 heterocycles. The number of benzene rings is 1. The second-order valence-corrected chi connectivity index (χ2v) is 10.4. The molecule has 1 saturated carbocycles. The Balaban J connectivity index is 1.46. The highest BCUT2D eigenvalue weighted by Crippen LogP contribution is 2.25. The van der Waals surface area contributed by atoms with Crippen molar-refractivity contribution in [2.45, 2.75) is 58.4 Å². The molecule has 1 aliphatic carbocycles. The third-order valence-corrected chi connectivity index (χ3v) is 8.54. The van der Waals surface area contributed by atoms with Crippen LogP contribution in [0.5, 0.6) is 5.75 Å². The molecule has 1 amide bonds. The maximum Gasteiger partial charge on any atom is 0.282 e. The van der Waals surface area contributed by atoms with Crippen LogP contribution in [0.25, 0.3) is 0 Å². The van der Waals surface area contributed by atoms with Gasteiger partial charge in [0.05, 0.1) is 13.0 Å². The second kappa shape index (κ2) is 10.1. The molecule has 2 aliphatic rings. The van der Waals surface area contributed by atoms with Crippen molar-refractivity contribution in [3.8, 4) is 5.75 Å². The molecule has 3 rings (SSSR count). The minimum Gasteiger partial charge on any atom is -0.493 e. The van der Waals surface area contributed by atoms with Crippen LogP contribution in [-0.4, -0.2) is 73.7 Å². The number of hydrogen-bond acceptors (Lipinski definition) is 4. The molecule has 0 N–H and O–H groups in total. The lowest BCUT2D eigenvalue weighted by Gasteiger charge is -2.38. The van der Waals surface area contributed by atoms with Crippen LogP contribution in [-0.2, 0) is 15.0 Å². The van der Waals surface area contributed by atoms with Crippen LogP contribution < -0.4 is 4.74 Å². The average molecular weight is 438 g/mol. The average Bonchev–Trinajstić information content (AvgIpc) is 2.76. The zero-order chi connectivity index (χ0) is 21.7. The highest BCUT2D eigenvalue weighted by molar-refractivity contribution is 7.86. The zero-order valence-corrected chi connectivity index (χ0v) is 19.3. The molecule has 168 valence electrons. The lowest BCUT2D eigenvalue weighted by Crippen LogP contribution is -2.55. The van der Waals surface area contributed by atoms with Gasteiger partial charge < -0.3 is 9.64 Å². The van der Waals surface area contributed by atoms with E-state index < -0.39 is 10.2 Å². The Morgan fingerprint density at radius 3 is 2.43 bits per heavy atom. The summed E-state index contributed by atoms with van der Waals surface area (Å²) in [6.45, 7) is 5.93. The largest absolute Gasteiger partial charge is 0.493 e. The number of rotatable bonds is 7. The van der Waals surface area contributed by atoms with Gasteiger partial charge in [-0.3, -0.25) is 4.79 Å². The topological polar surface area (TPSA) is 70.2 Å². The van der Waals surface area contributed by atoms with Crippen LogP contribution in [0.1, 0.15) is 49.7 Å². The molecule has 1 aromatic carbocycles. The summed E-state index contributed by atoms with van der Waals surface area (Å²) >= 11 is 0. The Labute approximate surface area is 181 Å². The molecular formula is C22H35N3O4S. The van der Waals surface area contributed by atoms with E-state index in [1.165, 1.54) is 10.7 Å². The Morgan fingerprint density at radius 1 is 1.10 bits per heavy atom. The standard InChI is InChI=1S/C22H35N3O4S/c1-18-8-7-11-21(19(18)2)29-17-12-22(26)24-13-15-25(16-14-24)30(27,28)23(3)20-9-5-4-6-10-20/h7-8,11,20H,4-6,9-10,12-17H2,1-3H3. The van der Waals surface area contributed by atoms with E-state index in [0.717, 1.165) is 42.6 Å². The van der Waals surface area contributed by atoms with Gasteiger partial charge in [-0.2, -0.15) is 17.0 Å². The molecule has 0 unspecified atom stereocenters. The lowest BCUT2D eigenvalue weighted by molar-refractivity contribution is -0.132. The van der Waals surface area contributed by atoms with Gasteiger partial charge in [0, 0.05) is 39.3 Å². The van der Waals surface area contributed by atoms with Crippen molar-refractivity contribution in [2.24, 2.45) is 0 Å². The Bertz CT molecular complexity index is 829. The van der Waals surface area contributed by atoms with E-state index in [4.69, 9.17) is 4.74 Å². The molecule has 0 aromatic heterocycles. The van der Waals surface area contributed by atoms with E-state index in [2.05, 4.69) is 0 Å². The smallest absolute Gasteiger partial charge is 0.282 e. The van der Waals surface area contributed by atoms with Crippen molar-refractivity contribution in [1.82, 2.24) is 13.5 Å². The van der Waals surface area contributed by atoms with E-state index in [1.54, 1.807) is 16.3 Å². The van der Waals surface area contributed by atoms with E-state index >= 15 is 0 Å². The minimum absolute atomic E-state index is 0.0120. The summed E-state index contributed by atoms with van der Waals surface area (Å²) in [7, 11) is -1.77. The fraction of sp³-hybridized carbons (Fsp3) is 0.682. The number of nitrogens with zero attached hydrogens (tertiary/aromatic N) is 3. The van der Waals surface area contributed by atoms with Crippen LogP contribution in [0.4, 0.5) is 0 Å². The van der Waals surface area contributed by atoms with Gasteiger partial charge in [-0.1, -0.05) is 31.4 Å². The van der Waals surface area contributed by atoms with Gasteiger partial charge >= 0.3 is 0 Å². The quantitative estimate of drug-likeness (QED) is 0.658. The number of hydrogen-bond donors (Lipinski definition) is 0. The fourth-order valence-electron chi connectivity index (χ4n) is 4.27. The Kier molecular flexibility index (Phi) is 7.76. The first-order valence-corrected chi connectivity index (χ1v) is 12.4. The van der Waals surface area contributed by atoms with Gasteiger partial charge in [-0.15, -0.1) is 0 Å². The third kappa shape index (κ3) is 5.34. The van der Waals surface area contributed by atoms with E-state index in [1.807, 2.05) is 32.0 Å². The molecule has 8 heteroatoms. The molecule has 7 nitrogen and oxygen atoms in total. The molecule has 1 aliphatic heterocycles. The molecule has 2 fully saturated rings. The van der Waals surface area contributed by atoms with Crippen molar-refractivity contribution >= 4 is 16.1 Å². The predicted molar refractivity (Wildman–Crippen MR) is 118 cm³/mol. The number of amides is 1. The van der Waals surface area contributed by atoms with Gasteiger partial charge in [0.2, 0.25) is 5.91 Å². The summed E-state index contributed by atoms with van der Waals surface area (Å²) in [6.07, 6.45) is 5.55. The van der Waals surface area contributed by atoms with Crippen molar-refractivity contribution in [2.75, 3.05) is 39.8 Å². The summed E-state index contributed by atoms with van der Waals surface area (Å²) in [4.78, 5) is 14.3. The van der Waals surface area contributed by atoms with Crippen LogP contribution in [0.3, 0.4) is 0 Å². The predicted octanol–water partition coefficient (Wildman–Crippen LogP) is 2.73. The number of aryl methyl sites for hydroxylation is 1. The minimum atomic E-state index is -3.47. The maximum atomic E-state index is 13.0. The molecule has 1 saturated heterocycles. The Morgan fingerprint density at radius 2 is 1.77 bits per heavy atom. The monoisotopic (exact) mass is 437 g/mol. The number of ether oxygens (including phenoxy) is 1. The fourth-order valence-corrected chi connectivity index (χ4v) is 5.85. The van der Waals surface area contributed by atoms with E-state index in [0.29, 0.717) is 39.2 Å². The highest BCUT2D eigenvalue weighted by atomic mass is 32.2. The lowest BCUT2D eigenvalue weighted by atomic mass is 9.96. The number of piperazine rings is 1. The van der Waals surface area contributed by atoms with Crippen molar-refractivity contribution in [1.29, 1.82) is 0 Å². The molecule has 0 radical (unpaired) electrons. The zero-order valence-electron chi connectivity index (χ0n) is 18.5. The van der Waals surface area contributed by atoms with Crippen LogP contribution in [0, 0.1) is 13.8 Å². The highest BCUT2D eigenvalue weighted by Gasteiger charge is 2.35. The van der Waals surface area contributed by atoms with E-state index in [-0.39, 0.29) is 11.9 Å². The third-order valence-electron chi connectivity index (χ3n) is 6.50. The SMILES string of the molecule is Cc1cccc(OCCC(=O)N2CCN(S(=O)(=O)N(C)C3CCCCC3)CC2)c1C. The summed E-state index contributed by atoms with van der Waals surface area (Å²) < 4.78 is 34.8. The molecule has 0 spiro atoms. The molecular weight excluding hydrogens is 402 g/mol. The number of carbonyl (C=O) groups excluding carboxylic acids is 1. The first-order valence-electron chi connectivity index (χ1n) is 11.0. The molecule has 1 aromatic rings. The summed E-state index contributed by atoms with van der Waals surface area (Å²) in [5.41, 5.74) is 2.25. The normalized spacial score (nSPS) is 19.3. The van der Waals surface area contributed by atoms with Gasteiger partial charge in [0.15, 0.2) is 0 Å². The summed E-state index contributed by atoms with van der Waals surface area (Å²) in [5, 5.41) is 0.